The SMILES string of the molecule is CC1(C)CCCN1c1cc(Cl)ncn1. The largest absolute Gasteiger partial charge is 0.351 e. The summed E-state index contributed by atoms with van der Waals surface area (Å²) in [6.07, 6.45) is 3.94. The van der Waals surface area contributed by atoms with E-state index in [2.05, 4.69) is 28.7 Å². The van der Waals surface area contributed by atoms with E-state index in [0.29, 0.717) is 5.15 Å². The van der Waals surface area contributed by atoms with Gasteiger partial charge in [-0.3, -0.25) is 0 Å². The Morgan fingerprint density at radius 3 is 2.79 bits per heavy atom. The molecule has 1 aliphatic rings. The molecule has 0 aliphatic carbocycles. The van der Waals surface area contributed by atoms with Gasteiger partial charge >= 0.3 is 0 Å². The van der Waals surface area contributed by atoms with Gasteiger partial charge in [-0.15, -0.1) is 0 Å². The molecule has 3 nitrogen and oxygen atoms in total. The molecule has 1 aromatic rings. The fourth-order valence-corrected chi connectivity index (χ4v) is 2.15. The van der Waals surface area contributed by atoms with Crippen molar-refractivity contribution < 1.29 is 0 Å². The first kappa shape index (κ1) is 9.71. The maximum absolute atomic E-state index is 5.84. The van der Waals surface area contributed by atoms with Crippen LogP contribution in [-0.2, 0) is 0 Å². The fourth-order valence-electron chi connectivity index (χ4n) is 2.00. The molecule has 1 aliphatic heterocycles. The number of nitrogens with zero attached hydrogens (tertiary/aromatic N) is 3. The molecule has 76 valence electrons. The zero-order chi connectivity index (χ0) is 10.2. The van der Waals surface area contributed by atoms with Crippen molar-refractivity contribution in [2.75, 3.05) is 11.4 Å². The molecule has 1 saturated heterocycles. The Hall–Kier alpha value is -0.830. The number of anilines is 1. The molecule has 0 saturated carbocycles. The van der Waals surface area contributed by atoms with Crippen molar-refractivity contribution >= 4 is 17.4 Å². The molecule has 2 rings (SSSR count). The van der Waals surface area contributed by atoms with Crippen molar-refractivity contribution in [3.05, 3.63) is 17.5 Å². The Bertz CT molecular complexity index is 338. The summed E-state index contributed by atoms with van der Waals surface area (Å²) in [4.78, 5) is 10.4. The van der Waals surface area contributed by atoms with Crippen LogP contribution in [0.2, 0.25) is 5.15 Å². The molecular formula is C10H14ClN3. The lowest BCUT2D eigenvalue weighted by molar-refractivity contribution is 0.514. The quantitative estimate of drug-likeness (QED) is 0.669. The lowest BCUT2D eigenvalue weighted by Crippen LogP contribution is -2.38. The van der Waals surface area contributed by atoms with Gasteiger partial charge in [0.2, 0.25) is 0 Å². The highest BCUT2D eigenvalue weighted by Gasteiger charge is 2.32. The van der Waals surface area contributed by atoms with Gasteiger partial charge in [0.25, 0.3) is 0 Å². The standard InChI is InChI=1S/C10H14ClN3/c1-10(2)4-3-5-14(10)9-6-8(11)12-7-13-9/h6-7H,3-5H2,1-2H3. The summed E-state index contributed by atoms with van der Waals surface area (Å²) in [7, 11) is 0. The van der Waals surface area contributed by atoms with Crippen LogP contribution in [0.25, 0.3) is 0 Å². The van der Waals surface area contributed by atoms with Crippen LogP contribution >= 0.6 is 11.6 Å². The second-order valence-electron chi connectivity index (χ2n) is 4.27. The first-order valence-electron chi connectivity index (χ1n) is 4.85. The summed E-state index contributed by atoms with van der Waals surface area (Å²) in [5.41, 5.74) is 0.192. The first-order valence-corrected chi connectivity index (χ1v) is 5.22. The Kier molecular flexibility index (Phi) is 2.35. The highest BCUT2D eigenvalue weighted by molar-refractivity contribution is 6.29. The van der Waals surface area contributed by atoms with Gasteiger partial charge in [0.15, 0.2) is 0 Å². The van der Waals surface area contributed by atoms with Gasteiger partial charge in [-0.05, 0) is 26.7 Å². The van der Waals surface area contributed by atoms with E-state index in [1.54, 1.807) is 0 Å². The molecule has 0 N–H and O–H groups in total. The van der Waals surface area contributed by atoms with Crippen molar-refractivity contribution in [1.29, 1.82) is 0 Å². The zero-order valence-corrected chi connectivity index (χ0v) is 9.25. The predicted octanol–water partition coefficient (Wildman–Crippen LogP) is 2.51. The van der Waals surface area contributed by atoms with E-state index in [9.17, 15) is 0 Å². The van der Waals surface area contributed by atoms with Crippen molar-refractivity contribution in [2.45, 2.75) is 32.2 Å². The molecular weight excluding hydrogens is 198 g/mol. The van der Waals surface area contributed by atoms with E-state index in [1.165, 1.54) is 19.2 Å². The number of halogens is 1. The molecule has 0 aromatic carbocycles. The molecule has 1 fully saturated rings. The second kappa shape index (κ2) is 3.39. The molecule has 0 unspecified atom stereocenters. The highest BCUT2D eigenvalue weighted by Crippen LogP contribution is 2.32. The van der Waals surface area contributed by atoms with Crippen LogP contribution in [0.4, 0.5) is 5.82 Å². The fraction of sp³-hybridized carbons (Fsp3) is 0.600. The van der Waals surface area contributed by atoms with Crippen LogP contribution < -0.4 is 4.90 Å². The van der Waals surface area contributed by atoms with Gasteiger partial charge in [0.05, 0.1) is 0 Å². The van der Waals surface area contributed by atoms with Gasteiger partial charge < -0.3 is 4.90 Å². The van der Waals surface area contributed by atoms with Crippen molar-refractivity contribution in [1.82, 2.24) is 9.97 Å². The molecule has 1 aromatic heterocycles. The van der Waals surface area contributed by atoms with Crippen LogP contribution in [0.1, 0.15) is 26.7 Å². The summed E-state index contributed by atoms with van der Waals surface area (Å²) >= 11 is 5.84. The van der Waals surface area contributed by atoms with E-state index in [1.807, 2.05) is 6.07 Å². The minimum atomic E-state index is 0.192. The maximum Gasteiger partial charge on any atom is 0.134 e. The smallest absolute Gasteiger partial charge is 0.134 e. The molecule has 0 spiro atoms. The van der Waals surface area contributed by atoms with Crippen LogP contribution in [0.15, 0.2) is 12.4 Å². The number of aromatic nitrogens is 2. The summed E-state index contributed by atoms with van der Waals surface area (Å²) in [5.74, 6) is 0.938. The average molecular weight is 212 g/mol. The second-order valence-corrected chi connectivity index (χ2v) is 4.65. The Morgan fingerprint density at radius 1 is 1.43 bits per heavy atom. The highest BCUT2D eigenvalue weighted by atomic mass is 35.5. The van der Waals surface area contributed by atoms with E-state index in [0.717, 1.165) is 12.4 Å². The number of rotatable bonds is 1. The minimum Gasteiger partial charge on any atom is -0.351 e. The lowest BCUT2D eigenvalue weighted by Gasteiger charge is -2.32. The Morgan fingerprint density at radius 2 is 2.21 bits per heavy atom. The third kappa shape index (κ3) is 1.69. The van der Waals surface area contributed by atoms with Crippen LogP contribution in [-0.4, -0.2) is 22.1 Å². The van der Waals surface area contributed by atoms with E-state index >= 15 is 0 Å². The predicted molar refractivity (Wildman–Crippen MR) is 57.7 cm³/mol. The van der Waals surface area contributed by atoms with E-state index in [4.69, 9.17) is 11.6 Å². The molecule has 0 bridgehead atoms. The first-order chi connectivity index (χ1) is 6.59. The van der Waals surface area contributed by atoms with Crippen LogP contribution in [0, 0.1) is 0 Å². The van der Waals surface area contributed by atoms with Crippen LogP contribution in [0.3, 0.4) is 0 Å². The number of hydrogen-bond donors (Lipinski definition) is 0. The van der Waals surface area contributed by atoms with E-state index < -0.39 is 0 Å². The van der Waals surface area contributed by atoms with Gasteiger partial charge in [-0.1, -0.05) is 11.6 Å². The summed E-state index contributed by atoms with van der Waals surface area (Å²) < 4.78 is 0. The van der Waals surface area contributed by atoms with Crippen LogP contribution in [0.5, 0.6) is 0 Å². The topological polar surface area (TPSA) is 29.0 Å². The molecule has 0 radical (unpaired) electrons. The Balaban J connectivity index is 2.31. The summed E-state index contributed by atoms with van der Waals surface area (Å²) in [5, 5.41) is 0.512. The van der Waals surface area contributed by atoms with Gasteiger partial charge in [0.1, 0.15) is 17.3 Å². The number of hydrogen-bond acceptors (Lipinski definition) is 3. The average Bonchev–Trinajstić information content (AvgIpc) is 2.45. The summed E-state index contributed by atoms with van der Waals surface area (Å²) in [6.45, 7) is 5.52. The molecule has 2 heterocycles. The molecule has 14 heavy (non-hydrogen) atoms. The van der Waals surface area contributed by atoms with Crippen molar-refractivity contribution in [3.8, 4) is 0 Å². The molecule has 4 heteroatoms. The lowest BCUT2D eigenvalue weighted by atomic mass is 10.0. The Labute approximate surface area is 89.1 Å². The molecule has 0 amide bonds. The van der Waals surface area contributed by atoms with Crippen molar-refractivity contribution in [2.24, 2.45) is 0 Å². The third-order valence-corrected chi connectivity index (χ3v) is 3.00. The van der Waals surface area contributed by atoms with Gasteiger partial charge in [0, 0.05) is 18.2 Å². The maximum atomic E-state index is 5.84. The van der Waals surface area contributed by atoms with Gasteiger partial charge in [-0.2, -0.15) is 0 Å². The monoisotopic (exact) mass is 211 g/mol. The van der Waals surface area contributed by atoms with Crippen molar-refractivity contribution in [3.63, 3.8) is 0 Å². The normalized spacial score (nSPS) is 20.1. The van der Waals surface area contributed by atoms with E-state index in [-0.39, 0.29) is 5.54 Å². The molecule has 0 atom stereocenters. The minimum absolute atomic E-state index is 0.192. The zero-order valence-electron chi connectivity index (χ0n) is 8.50. The van der Waals surface area contributed by atoms with Gasteiger partial charge in [-0.25, -0.2) is 9.97 Å². The summed E-state index contributed by atoms with van der Waals surface area (Å²) in [6, 6.07) is 1.83. The third-order valence-electron chi connectivity index (χ3n) is 2.80.